The Labute approximate surface area is 117 Å². The number of anilines is 1. The highest BCUT2D eigenvalue weighted by Gasteiger charge is 2.21. The smallest absolute Gasteiger partial charge is 0.172 e. The van der Waals surface area contributed by atoms with Crippen LogP contribution in [0.4, 0.5) is 5.69 Å². The number of methoxy groups -OCH3 is 1. The molecule has 0 unspecified atom stereocenters. The van der Waals surface area contributed by atoms with Crippen LogP contribution in [0.5, 0.6) is 0 Å². The van der Waals surface area contributed by atoms with Crippen LogP contribution >= 0.6 is 11.6 Å². The average molecular weight is 284 g/mol. The summed E-state index contributed by atoms with van der Waals surface area (Å²) in [6, 6.07) is 5.36. The average Bonchev–Trinajstić information content (AvgIpc) is 2.46. The minimum atomic E-state index is 0.0977. The van der Waals surface area contributed by atoms with Crippen LogP contribution in [0, 0.1) is 0 Å². The molecule has 1 aromatic carbocycles. The van der Waals surface area contributed by atoms with Gasteiger partial charge in [-0.05, 0) is 31.0 Å². The SMILES string of the molecule is COC1CCN(c2cc(Cl)ccc2/C(N)=N/O)CC1. The molecule has 0 amide bonds. The van der Waals surface area contributed by atoms with E-state index in [4.69, 9.17) is 27.3 Å². The number of halogens is 1. The lowest BCUT2D eigenvalue weighted by molar-refractivity contribution is 0.0819. The molecule has 3 N–H and O–H groups in total. The molecule has 1 aliphatic rings. The molecule has 1 heterocycles. The summed E-state index contributed by atoms with van der Waals surface area (Å²) < 4.78 is 5.36. The number of benzene rings is 1. The maximum Gasteiger partial charge on any atom is 0.172 e. The largest absolute Gasteiger partial charge is 0.409 e. The topological polar surface area (TPSA) is 71.1 Å². The molecule has 1 aromatic rings. The summed E-state index contributed by atoms with van der Waals surface area (Å²) in [6.45, 7) is 1.73. The molecule has 1 fully saturated rings. The van der Waals surface area contributed by atoms with Crippen LogP contribution in [-0.4, -0.2) is 37.3 Å². The predicted molar refractivity (Wildman–Crippen MR) is 76.2 cm³/mol. The van der Waals surface area contributed by atoms with Crippen LogP contribution in [0.2, 0.25) is 5.02 Å². The van der Waals surface area contributed by atoms with E-state index in [1.54, 1.807) is 19.2 Å². The first-order valence-electron chi connectivity index (χ1n) is 6.21. The Kier molecular flexibility index (Phi) is 4.50. The Bertz CT molecular complexity index is 471. The molecule has 19 heavy (non-hydrogen) atoms. The van der Waals surface area contributed by atoms with Gasteiger partial charge in [0.25, 0.3) is 0 Å². The first kappa shape index (κ1) is 14.0. The Morgan fingerprint density at radius 3 is 2.74 bits per heavy atom. The molecule has 0 bridgehead atoms. The van der Waals surface area contributed by atoms with Gasteiger partial charge in [-0.1, -0.05) is 16.8 Å². The van der Waals surface area contributed by atoms with Gasteiger partial charge in [-0.25, -0.2) is 0 Å². The van der Waals surface area contributed by atoms with Crippen molar-refractivity contribution in [2.75, 3.05) is 25.1 Å². The number of ether oxygens (including phenoxy) is 1. The van der Waals surface area contributed by atoms with Crippen molar-refractivity contribution in [3.63, 3.8) is 0 Å². The molecule has 0 radical (unpaired) electrons. The maximum atomic E-state index is 8.85. The van der Waals surface area contributed by atoms with E-state index >= 15 is 0 Å². The standard InChI is InChI=1S/C13H18ClN3O2/c1-19-10-4-6-17(7-5-10)12-8-9(14)2-3-11(12)13(15)16-18/h2-3,8,10,18H,4-7H2,1H3,(H2,15,16). The van der Waals surface area contributed by atoms with Gasteiger partial charge >= 0.3 is 0 Å². The molecule has 5 nitrogen and oxygen atoms in total. The zero-order valence-corrected chi connectivity index (χ0v) is 11.6. The third-order valence-electron chi connectivity index (χ3n) is 3.46. The van der Waals surface area contributed by atoms with E-state index in [1.165, 1.54) is 0 Å². The first-order valence-corrected chi connectivity index (χ1v) is 6.58. The van der Waals surface area contributed by atoms with Crippen molar-refractivity contribution < 1.29 is 9.94 Å². The van der Waals surface area contributed by atoms with Crippen molar-refractivity contribution in [1.82, 2.24) is 0 Å². The van der Waals surface area contributed by atoms with Gasteiger partial charge in [0, 0.05) is 36.5 Å². The van der Waals surface area contributed by atoms with E-state index in [0.717, 1.165) is 31.6 Å². The Balaban J connectivity index is 2.26. The van der Waals surface area contributed by atoms with Gasteiger partial charge in [0.2, 0.25) is 0 Å². The van der Waals surface area contributed by atoms with E-state index in [9.17, 15) is 0 Å². The zero-order chi connectivity index (χ0) is 13.8. The second-order valence-electron chi connectivity index (χ2n) is 4.57. The van der Waals surface area contributed by atoms with E-state index in [-0.39, 0.29) is 5.84 Å². The molecule has 0 atom stereocenters. The highest BCUT2D eigenvalue weighted by Crippen LogP contribution is 2.28. The van der Waals surface area contributed by atoms with Crippen molar-refractivity contribution in [3.8, 4) is 0 Å². The number of hydrogen-bond acceptors (Lipinski definition) is 4. The highest BCUT2D eigenvalue weighted by molar-refractivity contribution is 6.31. The van der Waals surface area contributed by atoms with Crippen LogP contribution in [0.3, 0.4) is 0 Å². The predicted octanol–water partition coefficient (Wildman–Crippen LogP) is 2.05. The fourth-order valence-electron chi connectivity index (χ4n) is 2.37. The number of piperidine rings is 1. The molecule has 1 saturated heterocycles. The maximum absolute atomic E-state index is 8.85. The summed E-state index contributed by atoms with van der Waals surface area (Å²) in [5.74, 6) is 0.0977. The molecule has 104 valence electrons. The summed E-state index contributed by atoms with van der Waals surface area (Å²) in [7, 11) is 1.74. The highest BCUT2D eigenvalue weighted by atomic mass is 35.5. The zero-order valence-electron chi connectivity index (χ0n) is 10.8. The molecule has 0 aliphatic carbocycles. The van der Waals surface area contributed by atoms with Gasteiger partial charge in [-0.3, -0.25) is 0 Å². The minimum absolute atomic E-state index is 0.0977. The summed E-state index contributed by atoms with van der Waals surface area (Å²) in [5, 5.41) is 12.6. The molecule has 0 spiro atoms. The van der Waals surface area contributed by atoms with Gasteiger partial charge in [-0.2, -0.15) is 0 Å². The van der Waals surface area contributed by atoms with Gasteiger partial charge in [0.1, 0.15) is 0 Å². The van der Waals surface area contributed by atoms with Gasteiger partial charge in [0.05, 0.1) is 6.10 Å². The fourth-order valence-corrected chi connectivity index (χ4v) is 2.54. The summed E-state index contributed by atoms with van der Waals surface area (Å²) in [5.41, 5.74) is 7.31. The van der Waals surface area contributed by atoms with Crippen molar-refractivity contribution >= 4 is 23.1 Å². The fraction of sp³-hybridized carbons (Fsp3) is 0.462. The monoisotopic (exact) mass is 283 g/mol. The number of nitrogens with zero attached hydrogens (tertiary/aromatic N) is 2. The number of nitrogens with two attached hydrogens (primary N) is 1. The van der Waals surface area contributed by atoms with Crippen LogP contribution in [0.25, 0.3) is 0 Å². The number of oxime groups is 1. The van der Waals surface area contributed by atoms with Gasteiger partial charge in [-0.15, -0.1) is 0 Å². The van der Waals surface area contributed by atoms with E-state index in [2.05, 4.69) is 10.1 Å². The van der Waals surface area contributed by atoms with E-state index in [0.29, 0.717) is 16.7 Å². The third-order valence-corrected chi connectivity index (χ3v) is 3.69. The molecule has 0 aromatic heterocycles. The van der Waals surface area contributed by atoms with Crippen molar-refractivity contribution in [2.24, 2.45) is 10.9 Å². The third kappa shape index (κ3) is 3.11. The van der Waals surface area contributed by atoms with E-state index in [1.807, 2.05) is 6.07 Å². The summed E-state index contributed by atoms with van der Waals surface area (Å²) in [4.78, 5) is 2.19. The Morgan fingerprint density at radius 1 is 1.47 bits per heavy atom. The second kappa shape index (κ2) is 6.12. The first-order chi connectivity index (χ1) is 9.15. The summed E-state index contributed by atoms with van der Waals surface area (Å²) in [6.07, 6.45) is 2.22. The minimum Gasteiger partial charge on any atom is -0.409 e. The molecule has 1 aliphatic heterocycles. The number of amidine groups is 1. The molecule has 0 saturated carbocycles. The second-order valence-corrected chi connectivity index (χ2v) is 5.01. The van der Waals surface area contributed by atoms with Crippen molar-refractivity contribution in [3.05, 3.63) is 28.8 Å². The molecular formula is C13H18ClN3O2. The van der Waals surface area contributed by atoms with Crippen molar-refractivity contribution in [1.29, 1.82) is 0 Å². The normalized spacial score (nSPS) is 17.8. The van der Waals surface area contributed by atoms with Crippen LogP contribution in [0.15, 0.2) is 23.4 Å². The quantitative estimate of drug-likeness (QED) is 0.385. The lowest BCUT2D eigenvalue weighted by Crippen LogP contribution is -2.37. The number of hydrogen-bond donors (Lipinski definition) is 2. The molecular weight excluding hydrogens is 266 g/mol. The lowest BCUT2D eigenvalue weighted by Gasteiger charge is -2.34. The van der Waals surface area contributed by atoms with Crippen molar-refractivity contribution in [2.45, 2.75) is 18.9 Å². The van der Waals surface area contributed by atoms with E-state index < -0.39 is 0 Å². The van der Waals surface area contributed by atoms with Gasteiger partial charge < -0.3 is 20.6 Å². The molecule has 6 heteroatoms. The van der Waals surface area contributed by atoms with Crippen LogP contribution < -0.4 is 10.6 Å². The van der Waals surface area contributed by atoms with Crippen LogP contribution in [-0.2, 0) is 4.74 Å². The Hall–Kier alpha value is -1.46. The summed E-state index contributed by atoms with van der Waals surface area (Å²) >= 11 is 6.05. The van der Waals surface area contributed by atoms with Crippen LogP contribution in [0.1, 0.15) is 18.4 Å². The molecule has 2 rings (SSSR count). The van der Waals surface area contributed by atoms with Gasteiger partial charge in [0.15, 0.2) is 5.84 Å². The Morgan fingerprint density at radius 2 is 2.16 bits per heavy atom. The number of rotatable bonds is 3. The lowest BCUT2D eigenvalue weighted by atomic mass is 10.0.